The number of rotatable bonds is 2. The number of esters is 1. The van der Waals surface area contributed by atoms with E-state index in [9.17, 15) is 4.79 Å². The van der Waals surface area contributed by atoms with Crippen molar-refractivity contribution in [2.24, 2.45) is 5.41 Å². The van der Waals surface area contributed by atoms with Crippen LogP contribution in [0.25, 0.3) is 0 Å². The van der Waals surface area contributed by atoms with Crippen LogP contribution in [0.1, 0.15) is 41.7 Å². The minimum atomic E-state index is -0.297. The molecule has 1 spiro atoms. The van der Waals surface area contributed by atoms with Gasteiger partial charge in [0.2, 0.25) is 0 Å². The molecule has 0 N–H and O–H groups in total. The topological polar surface area (TPSA) is 42.4 Å². The van der Waals surface area contributed by atoms with E-state index in [4.69, 9.17) is 4.74 Å². The normalized spacial score (nSPS) is 20.4. The van der Waals surface area contributed by atoms with Crippen molar-refractivity contribution in [2.75, 3.05) is 25.1 Å². The standard InChI is InChI=1S/C15H20N2O2/c1-11-3-4-12(14(18)19-2)13(16-11)17-9-7-15(5-6-15)8-10-17/h3-4H,5-10H2,1-2H3. The summed E-state index contributed by atoms with van der Waals surface area (Å²) in [5, 5.41) is 0. The zero-order valence-electron chi connectivity index (χ0n) is 11.6. The van der Waals surface area contributed by atoms with Crippen LogP contribution >= 0.6 is 0 Å². The van der Waals surface area contributed by atoms with E-state index in [1.54, 1.807) is 0 Å². The first kappa shape index (κ1) is 12.5. The molecule has 1 saturated heterocycles. The summed E-state index contributed by atoms with van der Waals surface area (Å²) < 4.78 is 4.86. The highest BCUT2D eigenvalue weighted by atomic mass is 16.5. The van der Waals surface area contributed by atoms with Crippen LogP contribution in [-0.2, 0) is 4.74 Å². The molecule has 3 rings (SSSR count). The van der Waals surface area contributed by atoms with E-state index in [2.05, 4.69) is 9.88 Å². The fraction of sp³-hybridized carbons (Fsp3) is 0.600. The minimum absolute atomic E-state index is 0.297. The Bertz CT molecular complexity index is 499. The van der Waals surface area contributed by atoms with Gasteiger partial charge in [-0.3, -0.25) is 0 Å². The van der Waals surface area contributed by atoms with E-state index in [0.717, 1.165) is 24.6 Å². The number of carbonyl (C=O) groups is 1. The highest BCUT2D eigenvalue weighted by molar-refractivity contribution is 5.94. The number of anilines is 1. The Morgan fingerprint density at radius 3 is 2.53 bits per heavy atom. The summed E-state index contributed by atoms with van der Waals surface area (Å²) in [5.74, 6) is 0.497. The van der Waals surface area contributed by atoms with Crippen LogP contribution in [0.15, 0.2) is 12.1 Å². The Morgan fingerprint density at radius 1 is 1.26 bits per heavy atom. The predicted molar refractivity (Wildman–Crippen MR) is 73.4 cm³/mol. The van der Waals surface area contributed by atoms with Crippen LogP contribution in [0.5, 0.6) is 0 Å². The molecule has 1 saturated carbocycles. The zero-order chi connectivity index (χ0) is 13.5. The van der Waals surface area contributed by atoms with Crippen molar-refractivity contribution in [3.05, 3.63) is 23.4 Å². The molecule has 102 valence electrons. The smallest absolute Gasteiger partial charge is 0.341 e. The molecule has 1 aliphatic heterocycles. The molecule has 19 heavy (non-hydrogen) atoms. The highest BCUT2D eigenvalue weighted by Gasteiger charge is 2.44. The maximum absolute atomic E-state index is 11.8. The minimum Gasteiger partial charge on any atom is -0.465 e. The van der Waals surface area contributed by atoms with E-state index < -0.39 is 0 Å². The molecule has 2 fully saturated rings. The number of hydrogen-bond acceptors (Lipinski definition) is 4. The van der Waals surface area contributed by atoms with Crippen LogP contribution in [0.2, 0.25) is 0 Å². The summed E-state index contributed by atoms with van der Waals surface area (Å²) in [6, 6.07) is 3.69. The third kappa shape index (κ3) is 2.31. The van der Waals surface area contributed by atoms with Crippen LogP contribution in [0, 0.1) is 12.3 Å². The molecule has 1 aromatic rings. The molecule has 1 aromatic heterocycles. The summed E-state index contributed by atoms with van der Waals surface area (Å²) in [5.41, 5.74) is 2.15. The molecule has 0 amide bonds. The lowest BCUT2D eigenvalue weighted by Gasteiger charge is -2.33. The van der Waals surface area contributed by atoms with Gasteiger partial charge < -0.3 is 9.64 Å². The van der Waals surface area contributed by atoms with Gasteiger partial charge in [-0.2, -0.15) is 0 Å². The van der Waals surface area contributed by atoms with Crippen molar-refractivity contribution < 1.29 is 9.53 Å². The average molecular weight is 260 g/mol. The van der Waals surface area contributed by atoms with Crippen molar-refractivity contribution in [1.82, 2.24) is 4.98 Å². The van der Waals surface area contributed by atoms with E-state index in [-0.39, 0.29) is 5.97 Å². The quantitative estimate of drug-likeness (QED) is 0.766. The Kier molecular flexibility index (Phi) is 2.96. The van der Waals surface area contributed by atoms with Gasteiger partial charge in [-0.1, -0.05) is 0 Å². The van der Waals surface area contributed by atoms with Crippen LogP contribution < -0.4 is 4.90 Å². The highest BCUT2D eigenvalue weighted by Crippen LogP contribution is 2.53. The number of methoxy groups -OCH3 is 1. The van der Waals surface area contributed by atoms with Gasteiger partial charge in [0, 0.05) is 18.8 Å². The van der Waals surface area contributed by atoms with Gasteiger partial charge in [0.25, 0.3) is 0 Å². The first-order chi connectivity index (χ1) is 9.13. The van der Waals surface area contributed by atoms with Crippen molar-refractivity contribution in [3.63, 3.8) is 0 Å². The monoisotopic (exact) mass is 260 g/mol. The summed E-state index contributed by atoms with van der Waals surface area (Å²) >= 11 is 0. The Labute approximate surface area is 113 Å². The lowest BCUT2D eigenvalue weighted by molar-refractivity contribution is 0.0601. The number of pyridine rings is 1. The van der Waals surface area contributed by atoms with Gasteiger partial charge in [-0.25, -0.2) is 9.78 Å². The number of piperidine rings is 1. The van der Waals surface area contributed by atoms with E-state index in [0.29, 0.717) is 11.0 Å². The number of ether oxygens (including phenoxy) is 1. The second-order valence-electron chi connectivity index (χ2n) is 5.80. The van der Waals surface area contributed by atoms with E-state index in [1.807, 2.05) is 19.1 Å². The number of aryl methyl sites for hydroxylation is 1. The SMILES string of the molecule is COC(=O)c1ccc(C)nc1N1CCC2(CC1)CC2. The second kappa shape index (κ2) is 4.51. The molecule has 4 nitrogen and oxygen atoms in total. The van der Waals surface area contributed by atoms with Gasteiger partial charge in [-0.05, 0) is 50.2 Å². The molecular weight excluding hydrogens is 240 g/mol. The molecule has 4 heteroatoms. The maximum Gasteiger partial charge on any atom is 0.341 e. The molecule has 0 bridgehead atoms. The Balaban J connectivity index is 1.86. The van der Waals surface area contributed by atoms with Gasteiger partial charge in [0.1, 0.15) is 11.4 Å². The summed E-state index contributed by atoms with van der Waals surface area (Å²) in [6.07, 6.45) is 5.21. The van der Waals surface area contributed by atoms with Crippen molar-refractivity contribution in [1.29, 1.82) is 0 Å². The van der Waals surface area contributed by atoms with Crippen LogP contribution in [-0.4, -0.2) is 31.2 Å². The second-order valence-corrected chi connectivity index (χ2v) is 5.80. The van der Waals surface area contributed by atoms with Gasteiger partial charge in [-0.15, -0.1) is 0 Å². The zero-order valence-corrected chi connectivity index (χ0v) is 11.6. The molecule has 2 aliphatic rings. The predicted octanol–water partition coefficient (Wildman–Crippen LogP) is 2.56. The largest absolute Gasteiger partial charge is 0.465 e. The van der Waals surface area contributed by atoms with E-state index >= 15 is 0 Å². The molecule has 1 aliphatic carbocycles. The third-order valence-corrected chi connectivity index (χ3v) is 4.50. The molecule has 0 radical (unpaired) electrons. The first-order valence-corrected chi connectivity index (χ1v) is 6.94. The number of aromatic nitrogens is 1. The fourth-order valence-electron chi connectivity index (χ4n) is 2.92. The van der Waals surface area contributed by atoms with Gasteiger partial charge in [0.15, 0.2) is 0 Å². The molecule has 2 heterocycles. The molecule has 0 atom stereocenters. The van der Waals surface area contributed by atoms with Crippen LogP contribution in [0.3, 0.4) is 0 Å². The fourth-order valence-corrected chi connectivity index (χ4v) is 2.92. The molecule has 0 aromatic carbocycles. The number of nitrogens with zero attached hydrogens (tertiary/aromatic N) is 2. The average Bonchev–Trinajstić information content (AvgIpc) is 3.18. The maximum atomic E-state index is 11.8. The van der Waals surface area contributed by atoms with Crippen LogP contribution in [0.4, 0.5) is 5.82 Å². The third-order valence-electron chi connectivity index (χ3n) is 4.50. The molecule has 0 unspecified atom stereocenters. The number of carbonyl (C=O) groups excluding carboxylic acids is 1. The first-order valence-electron chi connectivity index (χ1n) is 6.94. The van der Waals surface area contributed by atoms with Gasteiger partial charge in [0.05, 0.1) is 7.11 Å². The van der Waals surface area contributed by atoms with E-state index in [1.165, 1.54) is 32.8 Å². The van der Waals surface area contributed by atoms with Gasteiger partial charge >= 0.3 is 5.97 Å². The Hall–Kier alpha value is -1.58. The Morgan fingerprint density at radius 2 is 1.95 bits per heavy atom. The summed E-state index contributed by atoms with van der Waals surface area (Å²) in [6.45, 7) is 3.96. The van der Waals surface area contributed by atoms with Crippen molar-refractivity contribution in [3.8, 4) is 0 Å². The lowest BCUT2D eigenvalue weighted by Crippen LogP contribution is -2.36. The summed E-state index contributed by atoms with van der Waals surface area (Å²) in [7, 11) is 1.42. The summed E-state index contributed by atoms with van der Waals surface area (Å²) in [4.78, 5) is 18.6. The van der Waals surface area contributed by atoms with Crippen molar-refractivity contribution >= 4 is 11.8 Å². The van der Waals surface area contributed by atoms with Crippen molar-refractivity contribution in [2.45, 2.75) is 32.6 Å². The molecular formula is C15H20N2O2. The lowest BCUT2D eigenvalue weighted by atomic mass is 9.93. The number of hydrogen-bond donors (Lipinski definition) is 0.